The number of benzene rings is 1. The number of rotatable bonds is 4. The lowest BCUT2D eigenvalue weighted by Gasteiger charge is -2.39. The molecule has 0 saturated carbocycles. The second-order valence-corrected chi connectivity index (χ2v) is 4.62. The van der Waals surface area contributed by atoms with Gasteiger partial charge >= 0.3 is 5.97 Å². The maximum atomic E-state index is 14.0. The van der Waals surface area contributed by atoms with Crippen LogP contribution in [-0.4, -0.2) is 41.1 Å². The smallest absolute Gasteiger partial charge is 0.335 e. The summed E-state index contributed by atoms with van der Waals surface area (Å²) in [5, 5.41) is 9.25. The van der Waals surface area contributed by atoms with Crippen LogP contribution in [0.2, 0.25) is 0 Å². The van der Waals surface area contributed by atoms with Crippen LogP contribution in [0.15, 0.2) is 24.3 Å². The molecule has 2 atom stereocenters. The normalized spacial score (nSPS) is 22.9. The van der Waals surface area contributed by atoms with Gasteiger partial charge < -0.3 is 14.7 Å². The van der Waals surface area contributed by atoms with Gasteiger partial charge in [-0.25, -0.2) is 9.18 Å². The van der Waals surface area contributed by atoms with Crippen molar-refractivity contribution in [3.05, 3.63) is 35.6 Å². The van der Waals surface area contributed by atoms with Crippen LogP contribution in [0, 0.1) is 5.82 Å². The van der Waals surface area contributed by atoms with E-state index < -0.39 is 23.9 Å². The molecule has 0 bridgehead atoms. The van der Waals surface area contributed by atoms with Gasteiger partial charge in [-0.1, -0.05) is 25.1 Å². The van der Waals surface area contributed by atoms with Gasteiger partial charge in [0.1, 0.15) is 12.4 Å². The molecule has 1 aliphatic heterocycles. The van der Waals surface area contributed by atoms with Crippen LogP contribution in [0.3, 0.4) is 0 Å². The number of halogens is 1. The summed E-state index contributed by atoms with van der Waals surface area (Å²) in [6.45, 7) is 1.95. The number of aliphatic carboxylic acids is 1. The summed E-state index contributed by atoms with van der Waals surface area (Å²) in [6.07, 6.45) is -0.598. The highest BCUT2D eigenvalue weighted by atomic mass is 19.1. The van der Waals surface area contributed by atoms with Crippen molar-refractivity contribution in [2.24, 2.45) is 0 Å². The molecule has 1 aromatic rings. The molecule has 0 spiro atoms. The molecule has 1 heterocycles. The molecule has 1 saturated heterocycles. The second-order valence-electron chi connectivity index (χ2n) is 4.62. The first-order valence-corrected chi connectivity index (χ1v) is 6.44. The maximum absolute atomic E-state index is 14.0. The van der Waals surface area contributed by atoms with Gasteiger partial charge in [0.15, 0.2) is 6.10 Å². The van der Waals surface area contributed by atoms with E-state index in [2.05, 4.69) is 0 Å². The number of carbonyl (C=O) groups is 2. The van der Waals surface area contributed by atoms with E-state index in [0.29, 0.717) is 13.0 Å². The van der Waals surface area contributed by atoms with E-state index in [4.69, 9.17) is 4.74 Å². The zero-order chi connectivity index (χ0) is 14.7. The zero-order valence-corrected chi connectivity index (χ0v) is 11.1. The fourth-order valence-electron chi connectivity index (χ4n) is 2.41. The summed E-state index contributed by atoms with van der Waals surface area (Å²) in [7, 11) is 0. The first-order valence-electron chi connectivity index (χ1n) is 6.44. The SMILES string of the molecule is CCCN1C(=O)COC(C(=O)O)C1c1ccccc1F. The molecular weight excluding hydrogens is 265 g/mol. The molecule has 1 fully saturated rings. The molecule has 0 aromatic heterocycles. The first-order chi connectivity index (χ1) is 9.56. The topological polar surface area (TPSA) is 66.8 Å². The van der Waals surface area contributed by atoms with Crippen molar-refractivity contribution in [3.8, 4) is 0 Å². The van der Waals surface area contributed by atoms with Crippen molar-refractivity contribution in [1.29, 1.82) is 0 Å². The molecule has 20 heavy (non-hydrogen) atoms. The average Bonchev–Trinajstić information content (AvgIpc) is 2.41. The van der Waals surface area contributed by atoms with E-state index in [1.54, 1.807) is 6.07 Å². The number of carboxylic acid groups (broad SMARTS) is 1. The van der Waals surface area contributed by atoms with Gasteiger partial charge in [-0.2, -0.15) is 0 Å². The number of nitrogens with zero attached hydrogens (tertiary/aromatic N) is 1. The van der Waals surface area contributed by atoms with Crippen molar-refractivity contribution >= 4 is 11.9 Å². The lowest BCUT2D eigenvalue weighted by atomic mass is 9.97. The molecule has 1 aromatic carbocycles. The van der Waals surface area contributed by atoms with Gasteiger partial charge in [-0.3, -0.25) is 4.79 Å². The maximum Gasteiger partial charge on any atom is 0.335 e. The third-order valence-electron chi connectivity index (χ3n) is 3.26. The predicted molar refractivity (Wildman–Crippen MR) is 68.5 cm³/mol. The van der Waals surface area contributed by atoms with Crippen LogP contribution in [0.25, 0.3) is 0 Å². The lowest BCUT2D eigenvalue weighted by Crippen LogP contribution is -2.52. The minimum Gasteiger partial charge on any atom is -0.479 e. The van der Waals surface area contributed by atoms with Crippen LogP contribution in [0.4, 0.5) is 4.39 Å². The third-order valence-corrected chi connectivity index (χ3v) is 3.26. The first kappa shape index (κ1) is 14.5. The molecule has 2 unspecified atom stereocenters. The lowest BCUT2D eigenvalue weighted by molar-refractivity contribution is -0.173. The number of morpholine rings is 1. The minimum atomic E-state index is -1.25. The minimum absolute atomic E-state index is 0.168. The highest BCUT2D eigenvalue weighted by Gasteiger charge is 2.42. The number of carboxylic acids is 1. The fraction of sp³-hybridized carbons (Fsp3) is 0.429. The highest BCUT2D eigenvalue weighted by Crippen LogP contribution is 2.32. The van der Waals surface area contributed by atoms with E-state index in [1.807, 2.05) is 6.92 Å². The monoisotopic (exact) mass is 281 g/mol. The number of hydrogen-bond acceptors (Lipinski definition) is 3. The Bertz CT molecular complexity index is 520. The number of hydrogen-bond donors (Lipinski definition) is 1. The van der Waals surface area contributed by atoms with Gasteiger partial charge in [-0.05, 0) is 12.5 Å². The summed E-state index contributed by atoms with van der Waals surface area (Å²) in [5.41, 5.74) is 0.168. The Hall–Kier alpha value is -1.95. The summed E-state index contributed by atoms with van der Waals surface area (Å²) >= 11 is 0. The molecule has 0 aliphatic carbocycles. The summed E-state index contributed by atoms with van der Waals surface area (Å²) in [4.78, 5) is 24.6. The van der Waals surface area contributed by atoms with Crippen LogP contribution >= 0.6 is 0 Å². The highest BCUT2D eigenvalue weighted by molar-refractivity contribution is 5.83. The van der Waals surface area contributed by atoms with E-state index in [1.165, 1.54) is 23.1 Å². The fourth-order valence-corrected chi connectivity index (χ4v) is 2.41. The largest absolute Gasteiger partial charge is 0.479 e. The Morgan fingerprint density at radius 2 is 2.20 bits per heavy atom. The van der Waals surface area contributed by atoms with Crippen LogP contribution in [0.5, 0.6) is 0 Å². The molecule has 108 valence electrons. The van der Waals surface area contributed by atoms with Gasteiger partial charge in [0, 0.05) is 12.1 Å². The van der Waals surface area contributed by atoms with Crippen molar-refractivity contribution in [1.82, 2.24) is 4.90 Å². The molecule has 1 N–H and O–H groups in total. The Labute approximate surface area is 116 Å². The molecular formula is C14H16FNO4. The van der Waals surface area contributed by atoms with E-state index in [9.17, 15) is 19.1 Å². The van der Waals surface area contributed by atoms with E-state index in [-0.39, 0.29) is 18.1 Å². The average molecular weight is 281 g/mol. The summed E-state index contributed by atoms with van der Waals surface area (Å²) < 4.78 is 19.1. The Kier molecular flexibility index (Phi) is 4.34. The van der Waals surface area contributed by atoms with Gasteiger partial charge in [0.25, 0.3) is 0 Å². The summed E-state index contributed by atoms with van der Waals surface area (Å²) in [5.74, 6) is -2.06. The van der Waals surface area contributed by atoms with Gasteiger partial charge in [-0.15, -0.1) is 0 Å². The molecule has 5 nitrogen and oxygen atoms in total. The number of amides is 1. The van der Waals surface area contributed by atoms with Crippen molar-refractivity contribution in [2.75, 3.05) is 13.2 Å². The zero-order valence-electron chi connectivity index (χ0n) is 11.1. The van der Waals surface area contributed by atoms with Gasteiger partial charge in [0.05, 0.1) is 6.04 Å². The Morgan fingerprint density at radius 3 is 2.80 bits per heavy atom. The van der Waals surface area contributed by atoms with Crippen LogP contribution in [-0.2, 0) is 14.3 Å². The third kappa shape index (κ3) is 2.65. The second kappa shape index (κ2) is 6.00. The van der Waals surface area contributed by atoms with Crippen molar-refractivity contribution in [2.45, 2.75) is 25.5 Å². The molecule has 1 amide bonds. The van der Waals surface area contributed by atoms with E-state index >= 15 is 0 Å². The quantitative estimate of drug-likeness (QED) is 0.910. The molecule has 0 radical (unpaired) electrons. The molecule has 2 rings (SSSR count). The van der Waals surface area contributed by atoms with Crippen molar-refractivity contribution < 1.29 is 23.8 Å². The number of ether oxygens (including phenoxy) is 1. The molecule has 1 aliphatic rings. The predicted octanol–water partition coefficient (Wildman–Crippen LogP) is 1.59. The Balaban J connectivity index is 2.46. The Morgan fingerprint density at radius 1 is 1.50 bits per heavy atom. The molecule has 6 heteroatoms. The van der Waals surface area contributed by atoms with Gasteiger partial charge in [0.2, 0.25) is 5.91 Å². The number of carbonyl (C=O) groups excluding carboxylic acids is 1. The van der Waals surface area contributed by atoms with E-state index in [0.717, 1.165) is 0 Å². The summed E-state index contributed by atoms with van der Waals surface area (Å²) in [6, 6.07) is 4.93. The van der Waals surface area contributed by atoms with Crippen LogP contribution in [0.1, 0.15) is 24.9 Å². The van der Waals surface area contributed by atoms with Crippen LogP contribution < -0.4 is 0 Å². The standard InChI is InChI=1S/C14H16FNO4/c1-2-7-16-11(17)8-20-13(14(18)19)12(16)9-5-3-4-6-10(9)15/h3-6,12-13H,2,7-8H2,1H3,(H,18,19). The van der Waals surface area contributed by atoms with Crippen molar-refractivity contribution in [3.63, 3.8) is 0 Å².